The monoisotopic (exact) mass is 227 g/mol. The molecule has 1 amide bonds. The molecule has 0 spiro atoms. The van der Waals surface area contributed by atoms with Crippen LogP contribution < -0.4 is 0 Å². The maximum absolute atomic E-state index is 11.3. The number of carboxylic acid groups (broad SMARTS) is 1. The summed E-state index contributed by atoms with van der Waals surface area (Å²) in [6.07, 6.45) is 1.33. The van der Waals surface area contributed by atoms with E-state index in [9.17, 15) is 9.59 Å². The lowest BCUT2D eigenvalue weighted by Gasteiger charge is -2.12. The van der Waals surface area contributed by atoms with Crippen molar-refractivity contribution in [2.75, 3.05) is 12.3 Å². The van der Waals surface area contributed by atoms with Gasteiger partial charge in [-0.05, 0) is 6.07 Å². The number of hydrogen-bond donors (Lipinski definition) is 1. The standard InChI is InChI=1S/C9H9NO4S/c11-8(12)7-6(1-3-14-7)5-10-2-4-15-9(10)13/h1,3H,2,4-5H2,(H,11,12). The van der Waals surface area contributed by atoms with E-state index in [2.05, 4.69) is 0 Å². The molecular weight excluding hydrogens is 218 g/mol. The summed E-state index contributed by atoms with van der Waals surface area (Å²) < 4.78 is 4.83. The third-order valence-corrected chi connectivity index (χ3v) is 3.04. The minimum atomic E-state index is -1.10. The summed E-state index contributed by atoms with van der Waals surface area (Å²) in [6.45, 7) is 0.970. The van der Waals surface area contributed by atoms with Crippen LogP contribution in [0.5, 0.6) is 0 Å². The second-order valence-corrected chi connectivity index (χ2v) is 4.16. The molecular formula is C9H9NO4S. The Morgan fingerprint density at radius 3 is 3.07 bits per heavy atom. The van der Waals surface area contributed by atoms with Gasteiger partial charge in [-0.15, -0.1) is 0 Å². The molecule has 1 aliphatic heterocycles. The maximum Gasteiger partial charge on any atom is 0.372 e. The van der Waals surface area contributed by atoms with E-state index in [4.69, 9.17) is 9.52 Å². The number of thioether (sulfide) groups is 1. The topological polar surface area (TPSA) is 70.8 Å². The van der Waals surface area contributed by atoms with Gasteiger partial charge in [-0.2, -0.15) is 0 Å². The highest BCUT2D eigenvalue weighted by Gasteiger charge is 2.24. The van der Waals surface area contributed by atoms with E-state index in [0.717, 1.165) is 5.75 Å². The first-order chi connectivity index (χ1) is 7.18. The Labute approximate surface area is 90.0 Å². The summed E-state index contributed by atoms with van der Waals surface area (Å²) in [5.74, 6) is -0.423. The van der Waals surface area contributed by atoms with Gasteiger partial charge in [0.05, 0.1) is 12.8 Å². The van der Waals surface area contributed by atoms with E-state index in [1.54, 1.807) is 11.0 Å². The van der Waals surface area contributed by atoms with Gasteiger partial charge < -0.3 is 14.4 Å². The Morgan fingerprint density at radius 1 is 1.67 bits per heavy atom. The quantitative estimate of drug-likeness (QED) is 0.850. The zero-order chi connectivity index (χ0) is 10.8. The van der Waals surface area contributed by atoms with Crippen molar-refractivity contribution in [3.63, 3.8) is 0 Å². The Bertz CT molecular complexity index is 401. The molecule has 1 N–H and O–H groups in total. The minimum Gasteiger partial charge on any atom is -0.475 e. The van der Waals surface area contributed by atoms with Gasteiger partial charge in [0, 0.05) is 17.9 Å². The highest BCUT2D eigenvalue weighted by atomic mass is 32.2. The van der Waals surface area contributed by atoms with Crippen molar-refractivity contribution >= 4 is 23.0 Å². The molecule has 0 unspecified atom stereocenters. The molecule has 1 aromatic rings. The van der Waals surface area contributed by atoms with Crippen LogP contribution in [0.2, 0.25) is 0 Å². The van der Waals surface area contributed by atoms with Crippen LogP contribution in [0.1, 0.15) is 16.1 Å². The molecule has 0 saturated carbocycles. The molecule has 80 valence electrons. The Hall–Kier alpha value is -1.43. The second-order valence-electron chi connectivity index (χ2n) is 3.12. The van der Waals surface area contributed by atoms with Gasteiger partial charge in [0.1, 0.15) is 0 Å². The van der Waals surface area contributed by atoms with E-state index >= 15 is 0 Å². The van der Waals surface area contributed by atoms with Crippen molar-refractivity contribution < 1.29 is 19.1 Å². The van der Waals surface area contributed by atoms with Crippen LogP contribution in [-0.2, 0) is 6.54 Å². The van der Waals surface area contributed by atoms with Gasteiger partial charge in [-0.1, -0.05) is 11.8 Å². The zero-order valence-electron chi connectivity index (χ0n) is 7.80. The van der Waals surface area contributed by atoms with Crippen LogP contribution in [0, 0.1) is 0 Å². The average molecular weight is 227 g/mol. The van der Waals surface area contributed by atoms with Gasteiger partial charge in [-0.3, -0.25) is 4.79 Å². The van der Waals surface area contributed by atoms with Gasteiger partial charge in [-0.25, -0.2) is 4.79 Å². The lowest BCUT2D eigenvalue weighted by molar-refractivity contribution is 0.0659. The molecule has 2 rings (SSSR count). The normalized spacial score (nSPS) is 16.0. The molecule has 5 nitrogen and oxygen atoms in total. The molecule has 6 heteroatoms. The van der Waals surface area contributed by atoms with Crippen LogP contribution >= 0.6 is 11.8 Å². The van der Waals surface area contributed by atoms with Crippen LogP contribution in [0.15, 0.2) is 16.7 Å². The highest BCUT2D eigenvalue weighted by Crippen LogP contribution is 2.21. The van der Waals surface area contributed by atoms with Crippen molar-refractivity contribution in [1.82, 2.24) is 4.90 Å². The number of carboxylic acids is 1. The van der Waals surface area contributed by atoms with E-state index in [1.807, 2.05) is 0 Å². The van der Waals surface area contributed by atoms with Crippen molar-refractivity contribution in [3.8, 4) is 0 Å². The minimum absolute atomic E-state index is 0.00691. The molecule has 0 bridgehead atoms. The Morgan fingerprint density at radius 2 is 2.47 bits per heavy atom. The van der Waals surface area contributed by atoms with E-state index in [-0.39, 0.29) is 11.0 Å². The second kappa shape index (κ2) is 3.98. The van der Waals surface area contributed by atoms with Gasteiger partial charge in [0.2, 0.25) is 5.76 Å². The number of amides is 1. The summed E-state index contributed by atoms with van der Waals surface area (Å²) >= 11 is 1.25. The molecule has 1 saturated heterocycles. The Balaban J connectivity index is 2.13. The summed E-state index contributed by atoms with van der Waals surface area (Å²) in [7, 11) is 0. The number of nitrogens with zero attached hydrogens (tertiary/aromatic N) is 1. The fourth-order valence-corrected chi connectivity index (χ4v) is 2.25. The van der Waals surface area contributed by atoms with Gasteiger partial charge in [0.15, 0.2) is 0 Å². The third-order valence-electron chi connectivity index (χ3n) is 2.15. The smallest absolute Gasteiger partial charge is 0.372 e. The first kappa shape index (κ1) is 10.1. The van der Waals surface area contributed by atoms with Crippen LogP contribution in [0.4, 0.5) is 4.79 Å². The Kier molecular flexibility index (Phi) is 2.68. The number of rotatable bonds is 3. The fourth-order valence-electron chi connectivity index (χ4n) is 1.42. The number of carbonyl (C=O) groups excluding carboxylic acids is 1. The maximum atomic E-state index is 11.3. The molecule has 0 aromatic carbocycles. The van der Waals surface area contributed by atoms with Crippen molar-refractivity contribution in [2.24, 2.45) is 0 Å². The molecule has 1 aliphatic rings. The summed E-state index contributed by atoms with van der Waals surface area (Å²) in [5, 5.41) is 8.79. The zero-order valence-corrected chi connectivity index (χ0v) is 8.62. The number of furan rings is 1. The summed E-state index contributed by atoms with van der Waals surface area (Å²) in [5.41, 5.74) is 0.540. The molecule has 0 aliphatic carbocycles. The molecule has 2 heterocycles. The van der Waals surface area contributed by atoms with Gasteiger partial charge >= 0.3 is 5.97 Å². The first-order valence-corrected chi connectivity index (χ1v) is 5.38. The largest absolute Gasteiger partial charge is 0.475 e. The van der Waals surface area contributed by atoms with E-state index in [1.165, 1.54) is 18.0 Å². The van der Waals surface area contributed by atoms with Crippen molar-refractivity contribution in [1.29, 1.82) is 0 Å². The van der Waals surface area contributed by atoms with E-state index in [0.29, 0.717) is 18.7 Å². The third kappa shape index (κ3) is 1.99. The molecule has 1 aromatic heterocycles. The molecule has 0 atom stereocenters. The molecule has 1 fully saturated rings. The SMILES string of the molecule is O=C(O)c1occc1CN1CCSC1=O. The first-order valence-electron chi connectivity index (χ1n) is 4.40. The predicted octanol–water partition coefficient (Wildman–Crippen LogP) is 1.65. The van der Waals surface area contributed by atoms with Crippen LogP contribution in [0.3, 0.4) is 0 Å². The summed E-state index contributed by atoms with van der Waals surface area (Å²) in [6, 6.07) is 1.58. The van der Waals surface area contributed by atoms with Gasteiger partial charge in [0.25, 0.3) is 5.24 Å². The molecule has 0 radical (unpaired) electrons. The number of aromatic carboxylic acids is 1. The number of hydrogen-bond acceptors (Lipinski definition) is 4. The number of carbonyl (C=O) groups is 2. The fraction of sp³-hybridized carbons (Fsp3) is 0.333. The lowest BCUT2D eigenvalue weighted by Crippen LogP contribution is -2.23. The lowest BCUT2D eigenvalue weighted by atomic mass is 10.2. The van der Waals surface area contributed by atoms with E-state index < -0.39 is 5.97 Å². The highest BCUT2D eigenvalue weighted by molar-refractivity contribution is 8.13. The average Bonchev–Trinajstić information content (AvgIpc) is 2.77. The van der Waals surface area contributed by atoms with Crippen molar-refractivity contribution in [3.05, 3.63) is 23.7 Å². The summed E-state index contributed by atoms with van der Waals surface area (Å²) in [4.78, 5) is 23.6. The predicted molar refractivity (Wildman–Crippen MR) is 53.9 cm³/mol. The van der Waals surface area contributed by atoms with Crippen molar-refractivity contribution in [2.45, 2.75) is 6.54 Å². The van der Waals surface area contributed by atoms with Crippen LogP contribution in [0.25, 0.3) is 0 Å². The van der Waals surface area contributed by atoms with Crippen LogP contribution in [-0.4, -0.2) is 33.5 Å². The molecule has 15 heavy (non-hydrogen) atoms.